The Hall–Kier alpha value is -3.66. The second-order valence-electron chi connectivity index (χ2n) is 10.4. The van der Waals surface area contributed by atoms with Crippen molar-refractivity contribution < 1.29 is 29.0 Å². The molecule has 2 heterocycles. The van der Waals surface area contributed by atoms with E-state index in [1.807, 2.05) is 6.92 Å². The van der Waals surface area contributed by atoms with Crippen molar-refractivity contribution in [1.82, 2.24) is 14.8 Å². The Kier molecular flexibility index (Phi) is 8.75. The van der Waals surface area contributed by atoms with Gasteiger partial charge in [0.15, 0.2) is 5.75 Å². The molecule has 200 valence electrons. The third-order valence-electron chi connectivity index (χ3n) is 6.04. The molecule has 10 heteroatoms. The van der Waals surface area contributed by atoms with Crippen LogP contribution in [0.2, 0.25) is 0 Å². The molecule has 1 aliphatic rings. The van der Waals surface area contributed by atoms with Gasteiger partial charge in [0.1, 0.15) is 11.7 Å². The van der Waals surface area contributed by atoms with Crippen molar-refractivity contribution in [2.45, 2.75) is 52.4 Å². The lowest BCUT2D eigenvalue weighted by Crippen LogP contribution is -2.50. The maximum atomic E-state index is 13.6. The normalized spacial score (nSPS) is 18.6. The number of pyridine rings is 1. The molecule has 0 unspecified atom stereocenters. The molecule has 1 aliphatic heterocycles. The summed E-state index contributed by atoms with van der Waals surface area (Å²) in [6.45, 7) is 9.34. The van der Waals surface area contributed by atoms with Gasteiger partial charge in [0, 0.05) is 37.5 Å². The molecule has 2 N–H and O–H groups in total. The number of ether oxygens (including phenoxy) is 2. The fraction of sp³-hybridized carbons (Fsp3) is 0.481. The van der Waals surface area contributed by atoms with Gasteiger partial charge in [0.2, 0.25) is 0 Å². The number of nitrogens with one attached hydrogen (secondary N) is 1. The van der Waals surface area contributed by atoms with Crippen molar-refractivity contribution in [3.8, 4) is 5.75 Å². The van der Waals surface area contributed by atoms with Gasteiger partial charge in [-0.25, -0.2) is 4.79 Å². The highest BCUT2D eigenvalue weighted by Crippen LogP contribution is 2.35. The van der Waals surface area contributed by atoms with E-state index in [1.54, 1.807) is 70.0 Å². The third-order valence-corrected chi connectivity index (χ3v) is 6.04. The number of para-hydroxylation sites is 1. The fourth-order valence-corrected chi connectivity index (χ4v) is 3.94. The van der Waals surface area contributed by atoms with Gasteiger partial charge < -0.3 is 29.7 Å². The Labute approximate surface area is 217 Å². The summed E-state index contributed by atoms with van der Waals surface area (Å²) in [5.74, 6) is -0.716. The molecular weight excluding hydrogens is 476 g/mol. The minimum absolute atomic E-state index is 0.178. The van der Waals surface area contributed by atoms with Gasteiger partial charge in [0.25, 0.3) is 11.8 Å². The molecule has 1 aromatic heterocycles. The minimum Gasteiger partial charge on any atom is -0.485 e. The Balaban J connectivity index is 2.00. The zero-order chi connectivity index (χ0) is 27.3. The highest BCUT2D eigenvalue weighted by atomic mass is 16.6. The lowest BCUT2D eigenvalue weighted by atomic mass is 9.99. The van der Waals surface area contributed by atoms with Gasteiger partial charge in [0.05, 0.1) is 30.4 Å². The van der Waals surface area contributed by atoms with Crippen molar-refractivity contribution >= 4 is 23.6 Å². The van der Waals surface area contributed by atoms with E-state index in [0.29, 0.717) is 17.8 Å². The van der Waals surface area contributed by atoms with Crippen molar-refractivity contribution in [2.24, 2.45) is 5.92 Å². The predicted molar refractivity (Wildman–Crippen MR) is 139 cm³/mol. The standard InChI is InChI=1S/C27H36N4O6/c1-17-14-31(18(2)16-32)25(34)20-8-7-9-21(29-24(33)19-10-12-28-13-11-19)23(20)36-22(17)15-30(6)26(35)37-27(3,4)5/h7-13,17-18,22,32H,14-16H2,1-6H3,(H,29,33)/t17-,18+,22+/m1/s1. The van der Waals surface area contributed by atoms with Gasteiger partial charge in [-0.2, -0.15) is 0 Å². The first kappa shape index (κ1) is 27.9. The zero-order valence-corrected chi connectivity index (χ0v) is 22.2. The van der Waals surface area contributed by atoms with E-state index in [-0.39, 0.29) is 42.2 Å². The third kappa shape index (κ3) is 6.97. The Morgan fingerprint density at radius 1 is 1.27 bits per heavy atom. The number of amides is 3. The first-order chi connectivity index (χ1) is 17.4. The Morgan fingerprint density at radius 3 is 2.57 bits per heavy atom. The Morgan fingerprint density at radius 2 is 1.95 bits per heavy atom. The number of hydrogen-bond donors (Lipinski definition) is 2. The first-order valence-corrected chi connectivity index (χ1v) is 12.3. The van der Waals surface area contributed by atoms with Gasteiger partial charge in [-0.05, 0) is 52.0 Å². The van der Waals surface area contributed by atoms with Gasteiger partial charge in [-0.15, -0.1) is 0 Å². The van der Waals surface area contributed by atoms with Gasteiger partial charge >= 0.3 is 6.09 Å². The predicted octanol–water partition coefficient (Wildman–Crippen LogP) is 3.42. The molecule has 3 atom stereocenters. The highest BCUT2D eigenvalue weighted by Gasteiger charge is 2.35. The monoisotopic (exact) mass is 512 g/mol. The molecule has 3 rings (SSSR count). The van der Waals surface area contributed by atoms with Crippen LogP contribution in [-0.4, -0.2) is 82.3 Å². The van der Waals surface area contributed by atoms with Crippen LogP contribution in [0.25, 0.3) is 0 Å². The zero-order valence-electron chi connectivity index (χ0n) is 22.2. The number of aliphatic hydroxyl groups is 1. The number of likely N-dealkylation sites (N-methyl/N-ethyl adjacent to an activating group) is 1. The lowest BCUT2D eigenvalue weighted by molar-refractivity contribution is 0.0113. The van der Waals surface area contributed by atoms with Crippen LogP contribution >= 0.6 is 0 Å². The van der Waals surface area contributed by atoms with Crippen LogP contribution in [0.3, 0.4) is 0 Å². The summed E-state index contributed by atoms with van der Waals surface area (Å²) in [5.41, 5.74) is 0.318. The molecule has 0 spiro atoms. The van der Waals surface area contributed by atoms with Crippen LogP contribution in [0.5, 0.6) is 5.75 Å². The molecule has 0 saturated heterocycles. The molecule has 37 heavy (non-hydrogen) atoms. The number of carbonyl (C=O) groups is 3. The molecule has 0 fully saturated rings. The largest absolute Gasteiger partial charge is 0.485 e. The van der Waals surface area contributed by atoms with E-state index in [4.69, 9.17) is 9.47 Å². The van der Waals surface area contributed by atoms with Crippen LogP contribution in [-0.2, 0) is 4.74 Å². The van der Waals surface area contributed by atoms with E-state index in [1.165, 1.54) is 17.3 Å². The summed E-state index contributed by atoms with van der Waals surface area (Å²) in [5, 5.41) is 12.7. The number of anilines is 1. The summed E-state index contributed by atoms with van der Waals surface area (Å²) < 4.78 is 11.9. The Bertz CT molecular complexity index is 1120. The number of hydrogen-bond acceptors (Lipinski definition) is 7. The van der Waals surface area contributed by atoms with Crippen LogP contribution in [0.1, 0.15) is 55.3 Å². The summed E-state index contributed by atoms with van der Waals surface area (Å²) in [4.78, 5) is 46.1. The molecule has 0 aliphatic carbocycles. The van der Waals surface area contributed by atoms with Crippen molar-refractivity contribution in [3.05, 3.63) is 53.9 Å². The van der Waals surface area contributed by atoms with E-state index >= 15 is 0 Å². The molecule has 0 radical (unpaired) electrons. The number of carbonyl (C=O) groups excluding carboxylic acids is 3. The lowest BCUT2D eigenvalue weighted by Gasteiger charge is -2.38. The van der Waals surface area contributed by atoms with Gasteiger partial charge in [-0.3, -0.25) is 14.6 Å². The maximum Gasteiger partial charge on any atom is 0.410 e. The summed E-state index contributed by atoms with van der Waals surface area (Å²) in [6, 6.07) is 7.67. The number of fused-ring (bicyclic) bond motifs is 1. The van der Waals surface area contributed by atoms with Crippen molar-refractivity contribution in [2.75, 3.05) is 32.1 Å². The van der Waals surface area contributed by atoms with Crippen LogP contribution in [0, 0.1) is 5.92 Å². The van der Waals surface area contributed by atoms with E-state index in [9.17, 15) is 19.5 Å². The number of aliphatic hydroxyl groups excluding tert-OH is 1. The van der Waals surface area contributed by atoms with Crippen LogP contribution in [0.15, 0.2) is 42.7 Å². The number of nitrogens with zero attached hydrogens (tertiary/aromatic N) is 3. The van der Waals surface area contributed by atoms with E-state index in [0.717, 1.165) is 0 Å². The quantitative estimate of drug-likeness (QED) is 0.608. The second kappa shape index (κ2) is 11.6. The maximum absolute atomic E-state index is 13.6. The van der Waals surface area contributed by atoms with E-state index in [2.05, 4.69) is 10.3 Å². The highest BCUT2D eigenvalue weighted by molar-refractivity contribution is 6.07. The molecule has 0 saturated carbocycles. The molecule has 0 bridgehead atoms. The minimum atomic E-state index is -0.657. The van der Waals surface area contributed by atoms with Crippen LogP contribution < -0.4 is 10.1 Å². The van der Waals surface area contributed by atoms with Gasteiger partial charge in [-0.1, -0.05) is 13.0 Å². The number of aromatic nitrogens is 1. The summed E-state index contributed by atoms with van der Waals surface area (Å²) in [7, 11) is 1.63. The number of benzene rings is 1. The molecule has 2 aromatic rings. The average Bonchev–Trinajstić information content (AvgIpc) is 2.85. The van der Waals surface area contributed by atoms with E-state index < -0.39 is 23.8 Å². The fourth-order valence-electron chi connectivity index (χ4n) is 3.94. The topological polar surface area (TPSA) is 121 Å². The smallest absolute Gasteiger partial charge is 0.410 e. The molecule has 3 amide bonds. The number of rotatable bonds is 6. The SMILES string of the molecule is C[C@@H]1CN([C@@H](C)CO)C(=O)c2cccc(NC(=O)c3ccncc3)c2O[C@H]1CN(C)C(=O)OC(C)(C)C. The summed E-state index contributed by atoms with van der Waals surface area (Å²) >= 11 is 0. The van der Waals surface area contributed by atoms with Crippen LogP contribution in [0.4, 0.5) is 10.5 Å². The summed E-state index contributed by atoms with van der Waals surface area (Å²) in [6.07, 6.45) is 1.99. The molecule has 1 aromatic carbocycles. The van der Waals surface area contributed by atoms with Crippen molar-refractivity contribution in [1.29, 1.82) is 0 Å². The second-order valence-corrected chi connectivity index (χ2v) is 10.4. The average molecular weight is 513 g/mol. The molecular formula is C27H36N4O6. The molecule has 10 nitrogen and oxygen atoms in total. The van der Waals surface area contributed by atoms with Crippen molar-refractivity contribution in [3.63, 3.8) is 0 Å². The first-order valence-electron chi connectivity index (χ1n) is 12.3.